The fourth-order valence-electron chi connectivity index (χ4n) is 2.15. The van der Waals surface area contributed by atoms with Crippen LogP contribution in [0.2, 0.25) is 0 Å². The van der Waals surface area contributed by atoms with Crippen molar-refractivity contribution in [3.05, 3.63) is 35.4 Å². The molecule has 1 rings (SSSR count). The molecule has 0 aliphatic carbocycles. The maximum atomic E-state index is 12.6. The number of esters is 1. The molecule has 6 heteroatoms. The normalized spacial score (nSPS) is 14.6. The van der Waals surface area contributed by atoms with Gasteiger partial charge in [-0.05, 0) is 25.0 Å². The number of carbonyl (C=O) groups excluding carboxylic acids is 1. The molecule has 118 valence electrons. The zero-order valence-electron chi connectivity index (χ0n) is 12.3. The van der Waals surface area contributed by atoms with E-state index >= 15 is 0 Å². The zero-order valence-corrected chi connectivity index (χ0v) is 12.3. The molecule has 3 nitrogen and oxygen atoms in total. The van der Waals surface area contributed by atoms with Gasteiger partial charge >= 0.3 is 12.1 Å². The summed E-state index contributed by atoms with van der Waals surface area (Å²) in [6, 6.07) is 4.96. The number of methoxy groups -OCH3 is 1. The SMILES string of the molecule is CCC(C(=O)OC)C(C)NCc1cccc(C(F)(F)F)c1. The molecule has 0 aromatic heterocycles. The molecule has 1 aromatic rings. The third kappa shape index (κ3) is 5.04. The summed E-state index contributed by atoms with van der Waals surface area (Å²) in [6.07, 6.45) is -3.75. The van der Waals surface area contributed by atoms with Gasteiger partial charge in [-0.25, -0.2) is 0 Å². The molecule has 21 heavy (non-hydrogen) atoms. The lowest BCUT2D eigenvalue weighted by atomic mass is 9.98. The molecule has 0 fully saturated rings. The van der Waals surface area contributed by atoms with E-state index in [1.165, 1.54) is 13.2 Å². The maximum absolute atomic E-state index is 12.6. The number of benzene rings is 1. The first-order valence-electron chi connectivity index (χ1n) is 6.77. The molecule has 0 spiro atoms. The van der Waals surface area contributed by atoms with Crippen molar-refractivity contribution in [2.75, 3.05) is 7.11 Å². The van der Waals surface area contributed by atoms with Crippen molar-refractivity contribution in [3.8, 4) is 0 Å². The van der Waals surface area contributed by atoms with Crippen LogP contribution < -0.4 is 5.32 Å². The minimum Gasteiger partial charge on any atom is -0.469 e. The molecular formula is C15H20F3NO2. The summed E-state index contributed by atoms with van der Waals surface area (Å²) >= 11 is 0. The third-order valence-corrected chi connectivity index (χ3v) is 3.43. The summed E-state index contributed by atoms with van der Waals surface area (Å²) in [4.78, 5) is 11.6. The van der Waals surface area contributed by atoms with Gasteiger partial charge in [0.25, 0.3) is 0 Å². The van der Waals surface area contributed by atoms with Gasteiger partial charge in [-0.15, -0.1) is 0 Å². The predicted octanol–water partition coefficient (Wildman–Crippen LogP) is 3.38. The van der Waals surface area contributed by atoms with Gasteiger partial charge in [0, 0.05) is 12.6 Å². The minimum atomic E-state index is -4.35. The fourth-order valence-corrected chi connectivity index (χ4v) is 2.15. The van der Waals surface area contributed by atoms with E-state index in [-0.39, 0.29) is 24.5 Å². The van der Waals surface area contributed by atoms with E-state index in [0.717, 1.165) is 12.1 Å². The number of halogens is 3. The van der Waals surface area contributed by atoms with Crippen molar-refractivity contribution in [1.29, 1.82) is 0 Å². The van der Waals surface area contributed by atoms with Crippen LogP contribution in [0.5, 0.6) is 0 Å². The second-order valence-electron chi connectivity index (χ2n) is 4.91. The van der Waals surface area contributed by atoms with Gasteiger partial charge in [-0.3, -0.25) is 4.79 Å². The van der Waals surface area contributed by atoms with Crippen molar-refractivity contribution in [3.63, 3.8) is 0 Å². The highest BCUT2D eigenvalue weighted by Crippen LogP contribution is 2.29. The lowest BCUT2D eigenvalue weighted by Crippen LogP contribution is -2.37. The molecule has 1 aromatic carbocycles. The minimum absolute atomic E-state index is 0.183. The summed E-state index contributed by atoms with van der Waals surface area (Å²) in [7, 11) is 1.32. The molecule has 0 radical (unpaired) electrons. The molecule has 0 aliphatic rings. The highest BCUT2D eigenvalue weighted by Gasteiger charge is 2.30. The highest BCUT2D eigenvalue weighted by atomic mass is 19.4. The molecule has 0 heterocycles. The number of carbonyl (C=O) groups is 1. The number of alkyl halides is 3. The predicted molar refractivity (Wildman–Crippen MR) is 73.5 cm³/mol. The van der Waals surface area contributed by atoms with Crippen LogP contribution >= 0.6 is 0 Å². The summed E-state index contributed by atoms with van der Waals surface area (Å²) in [6.45, 7) is 3.95. The lowest BCUT2D eigenvalue weighted by Gasteiger charge is -2.22. The van der Waals surface area contributed by atoms with Crippen LogP contribution in [0.3, 0.4) is 0 Å². The van der Waals surface area contributed by atoms with Crippen molar-refractivity contribution >= 4 is 5.97 Å². The molecular weight excluding hydrogens is 283 g/mol. The highest BCUT2D eigenvalue weighted by molar-refractivity contribution is 5.73. The average molecular weight is 303 g/mol. The first-order chi connectivity index (χ1) is 9.79. The number of nitrogens with one attached hydrogen (secondary N) is 1. The van der Waals surface area contributed by atoms with E-state index in [4.69, 9.17) is 4.74 Å². The van der Waals surface area contributed by atoms with Crippen LogP contribution in [0.4, 0.5) is 13.2 Å². The Morgan fingerprint density at radius 3 is 2.57 bits per heavy atom. The second kappa shape index (κ2) is 7.45. The summed E-state index contributed by atoms with van der Waals surface area (Å²) < 4.78 is 42.6. The topological polar surface area (TPSA) is 38.3 Å². The summed E-state index contributed by atoms with van der Waals surface area (Å²) in [5, 5.41) is 3.08. The van der Waals surface area contributed by atoms with Gasteiger partial charge in [-0.2, -0.15) is 13.2 Å². The monoisotopic (exact) mass is 303 g/mol. The Kier molecular flexibility index (Phi) is 6.20. The first kappa shape index (κ1) is 17.5. The van der Waals surface area contributed by atoms with Crippen LogP contribution in [0.25, 0.3) is 0 Å². The number of rotatable bonds is 6. The number of ether oxygens (including phenoxy) is 1. The Hall–Kier alpha value is -1.56. The van der Waals surface area contributed by atoms with Gasteiger partial charge < -0.3 is 10.1 Å². The zero-order chi connectivity index (χ0) is 16.0. The number of hydrogen-bond acceptors (Lipinski definition) is 3. The molecule has 0 bridgehead atoms. The Bertz CT molecular complexity index is 474. The smallest absolute Gasteiger partial charge is 0.416 e. The van der Waals surface area contributed by atoms with Crippen LogP contribution in [-0.2, 0) is 22.3 Å². The van der Waals surface area contributed by atoms with E-state index < -0.39 is 11.7 Å². The van der Waals surface area contributed by atoms with Crippen molar-refractivity contribution in [2.24, 2.45) is 5.92 Å². The lowest BCUT2D eigenvalue weighted by molar-refractivity contribution is -0.146. The molecule has 0 aliphatic heterocycles. The number of hydrogen-bond donors (Lipinski definition) is 1. The summed E-state index contributed by atoms with van der Waals surface area (Å²) in [5.41, 5.74) is -0.147. The van der Waals surface area contributed by atoms with Crippen LogP contribution in [0, 0.1) is 5.92 Å². The Balaban J connectivity index is 2.68. The molecule has 2 atom stereocenters. The van der Waals surface area contributed by atoms with Gasteiger partial charge in [0.05, 0.1) is 18.6 Å². The summed E-state index contributed by atoms with van der Waals surface area (Å²) in [5.74, 6) is -0.637. The molecule has 0 saturated heterocycles. The Labute approximate surface area is 122 Å². The van der Waals surface area contributed by atoms with Crippen LogP contribution in [-0.4, -0.2) is 19.1 Å². The molecule has 1 N–H and O–H groups in total. The van der Waals surface area contributed by atoms with Gasteiger partial charge in [0.15, 0.2) is 0 Å². The van der Waals surface area contributed by atoms with Crippen molar-refractivity contribution in [2.45, 2.75) is 39.0 Å². The maximum Gasteiger partial charge on any atom is 0.416 e. The molecule has 0 amide bonds. The van der Waals surface area contributed by atoms with Gasteiger partial charge in [0.2, 0.25) is 0 Å². The quantitative estimate of drug-likeness (QED) is 0.819. The first-order valence-corrected chi connectivity index (χ1v) is 6.77. The Morgan fingerprint density at radius 1 is 1.38 bits per heavy atom. The third-order valence-electron chi connectivity index (χ3n) is 3.43. The van der Waals surface area contributed by atoms with E-state index in [2.05, 4.69) is 5.32 Å². The van der Waals surface area contributed by atoms with Crippen LogP contribution in [0.15, 0.2) is 24.3 Å². The standard InChI is InChI=1S/C15H20F3NO2/c1-4-13(14(20)21-3)10(2)19-9-11-6-5-7-12(8-11)15(16,17)18/h5-8,10,13,19H,4,9H2,1-3H3. The van der Waals surface area contributed by atoms with E-state index in [1.807, 2.05) is 13.8 Å². The average Bonchev–Trinajstić information content (AvgIpc) is 2.45. The fraction of sp³-hybridized carbons (Fsp3) is 0.533. The van der Waals surface area contributed by atoms with E-state index in [1.54, 1.807) is 6.07 Å². The van der Waals surface area contributed by atoms with Gasteiger partial charge in [-0.1, -0.05) is 25.1 Å². The van der Waals surface area contributed by atoms with Gasteiger partial charge in [0.1, 0.15) is 0 Å². The van der Waals surface area contributed by atoms with E-state index in [0.29, 0.717) is 12.0 Å². The Morgan fingerprint density at radius 2 is 2.05 bits per heavy atom. The van der Waals surface area contributed by atoms with Crippen molar-refractivity contribution < 1.29 is 22.7 Å². The molecule has 2 unspecified atom stereocenters. The second-order valence-corrected chi connectivity index (χ2v) is 4.91. The largest absolute Gasteiger partial charge is 0.469 e. The van der Waals surface area contributed by atoms with E-state index in [9.17, 15) is 18.0 Å². The molecule has 0 saturated carbocycles. The van der Waals surface area contributed by atoms with Crippen LogP contribution in [0.1, 0.15) is 31.4 Å². The van der Waals surface area contributed by atoms with Crippen molar-refractivity contribution in [1.82, 2.24) is 5.32 Å².